The van der Waals surface area contributed by atoms with Gasteiger partial charge in [0.1, 0.15) is 6.61 Å². The van der Waals surface area contributed by atoms with E-state index in [-0.39, 0.29) is 6.61 Å². The Labute approximate surface area is 94.8 Å². The number of ether oxygens (including phenoxy) is 1. The predicted octanol–water partition coefficient (Wildman–Crippen LogP) is -0.680. The quantitative estimate of drug-likeness (QED) is 0.603. The number of carbonyl (C=O) groups is 1. The zero-order chi connectivity index (χ0) is 12.0. The van der Waals surface area contributed by atoms with Crippen molar-refractivity contribution in [1.29, 1.82) is 0 Å². The largest absolute Gasteiger partial charge is 0.370 e. The molecule has 6 nitrogen and oxygen atoms in total. The van der Waals surface area contributed by atoms with Crippen molar-refractivity contribution in [1.82, 2.24) is 15.1 Å². The van der Waals surface area contributed by atoms with Gasteiger partial charge in [0, 0.05) is 31.4 Å². The van der Waals surface area contributed by atoms with Crippen LogP contribution in [0, 0.1) is 6.92 Å². The zero-order valence-corrected chi connectivity index (χ0v) is 9.69. The van der Waals surface area contributed by atoms with E-state index in [0.29, 0.717) is 13.2 Å². The fourth-order valence-electron chi connectivity index (χ4n) is 1.26. The molecule has 0 aliphatic rings. The summed E-state index contributed by atoms with van der Waals surface area (Å²) in [7, 11) is 1.91. The molecule has 0 unspecified atom stereocenters. The molecule has 0 saturated heterocycles. The first-order chi connectivity index (χ1) is 7.61. The fraction of sp³-hybridized carbons (Fsp3) is 0.600. The highest BCUT2D eigenvalue weighted by molar-refractivity contribution is 5.74. The molecular weight excluding hydrogens is 208 g/mol. The molecule has 1 rings (SSSR count). The minimum absolute atomic E-state index is 0.0202. The Morgan fingerprint density at radius 2 is 2.44 bits per heavy atom. The van der Waals surface area contributed by atoms with E-state index < -0.39 is 5.91 Å². The Morgan fingerprint density at radius 1 is 1.69 bits per heavy atom. The van der Waals surface area contributed by atoms with Crippen LogP contribution in [0.5, 0.6) is 0 Å². The molecule has 0 radical (unpaired) electrons. The average molecular weight is 226 g/mol. The Bertz CT molecular complexity index is 349. The van der Waals surface area contributed by atoms with Crippen molar-refractivity contribution in [3.8, 4) is 0 Å². The third kappa shape index (κ3) is 4.00. The van der Waals surface area contributed by atoms with Gasteiger partial charge in [0.2, 0.25) is 5.91 Å². The van der Waals surface area contributed by atoms with E-state index in [0.717, 1.165) is 17.8 Å². The third-order valence-corrected chi connectivity index (χ3v) is 2.32. The van der Waals surface area contributed by atoms with Crippen LogP contribution >= 0.6 is 0 Å². The first kappa shape index (κ1) is 12.7. The maximum Gasteiger partial charge on any atom is 0.243 e. The minimum atomic E-state index is -0.442. The van der Waals surface area contributed by atoms with Gasteiger partial charge in [-0.1, -0.05) is 0 Å². The number of carbonyl (C=O) groups excluding carboxylic acids is 1. The number of hydrogen-bond acceptors (Lipinski definition) is 4. The standard InChI is InChI=1S/C10H18N4O2/c1-8-9(6-13-14(8)2)5-12-3-4-16-7-10(11)15/h6,12H,3-5,7H2,1-2H3,(H2,11,15). The molecule has 3 N–H and O–H groups in total. The van der Waals surface area contributed by atoms with Crippen LogP contribution in [0.1, 0.15) is 11.3 Å². The van der Waals surface area contributed by atoms with E-state index in [4.69, 9.17) is 10.5 Å². The van der Waals surface area contributed by atoms with Gasteiger partial charge in [0.05, 0.1) is 12.8 Å². The summed E-state index contributed by atoms with van der Waals surface area (Å²) in [5, 5.41) is 7.34. The van der Waals surface area contributed by atoms with Gasteiger partial charge in [-0.2, -0.15) is 5.10 Å². The fourth-order valence-corrected chi connectivity index (χ4v) is 1.26. The lowest BCUT2D eigenvalue weighted by Gasteiger charge is -2.04. The van der Waals surface area contributed by atoms with Crippen LogP contribution in [0.2, 0.25) is 0 Å². The van der Waals surface area contributed by atoms with Crippen molar-refractivity contribution < 1.29 is 9.53 Å². The predicted molar refractivity (Wildman–Crippen MR) is 59.7 cm³/mol. The zero-order valence-electron chi connectivity index (χ0n) is 9.69. The normalized spacial score (nSPS) is 10.6. The molecule has 0 bridgehead atoms. The van der Waals surface area contributed by atoms with Crippen LogP contribution in [0.3, 0.4) is 0 Å². The summed E-state index contributed by atoms with van der Waals surface area (Å²) < 4.78 is 6.84. The van der Waals surface area contributed by atoms with Gasteiger partial charge in [0.15, 0.2) is 0 Å². The number of nitrogens with two attached hydrogens (primary N) is 1. The molecule has 0 fully saturated rings. The van der Waals surface area contributed by atoms with E-state index in [9.17, 15) is 4.79 Å². The first-order valence-electron chi connectivity index (χ1n) is 5.15. The van der Waals surface area contributed by atoms with Crippen molar-refractivity contribution in [3.63, 3.8) is 0 Å². The molecule has 1 aromatic heterocycles. The van der Waals surface area contributed by atoms with Crippen molar-refractivity contribution in [2.75, 3.05) is 19.8 Å². The van der Waals surface area contributed by atoms with Gasteiger partial charge in [-0.15, -0.1) is 0 Å². The number of aromatic nitrogens is 2. The highest BCUT2D eigenvalue weighted by atomic mass is 16.5. The lowest BCUT2D eigenvalue weighted by atomic mass is 10.2. The summed E-state index contributed by atoms with van der Waals surface area (Å²) in [6.45, 7) is 3.91. The second kappa shape index (κ2) is 6.24. The number of primary amides is 1. The molecule has 0 saturated carbocycles. The lowest BCUT2D eigenvalue weighted by molar-refractivity contribution is -0.122. The van der Waals surface area contributed by atoms with Crippen LogP contribution in [-0.2, 0) is 23.1 Å². The molecule has 6 heteroatoms. The number of hydrogen-bond donors (Lipinski definition) is 2. The van der Waals surface area contributed by atoms with E-state index in [1.807, 2.05) is 24.9 Å². The highest BCUT2D eigenvalue weighted by Crippen LogP contribution is 2.04. The number of rotatable bonds is 7. The maximum absolute atomic E-state index is 10.4. The van der Waals surface area contributed by atoms with Crippen LogP contribution in [0.4, 0.5) is 0 Å². The third-order valence-electron chi connectivity index (χ3n) is 2.32. The second-order valence-electron chi connectivity index (χ2n) is 3.57. The van der Waals surface area contributed by atoms with Gasteiger partial charge in [-0.3, -0.25) is 9.48 Å². The molecule has 90 valence electrons. The minimum Gasteiger partial charge on any atom is -0.370 e. The summed E-state index contributed by atoms with van der Waals surface area (Å²) in [6.07, 6.45) is 1.84. The van der Waals surface area contributed by atoms with E-state index in [2.05, 4.69) is 10.4 Å². The lowest BCUT2D eigenvalue weighted by Crippen LogP contribution is -2.23. The van der Waals surface area contributed by atoms with Crippen molar-refractivity contribution in [2.45, 2.75) is 13.5 Å². The van der Waals surface area contributed by atoms with Gasteiger partial charge in [-0.05, 0) is 6.92 Å². The van der Waals surface area contributed by atoms with E-state index in [1.54, 1.807) is 0 Å². The first-order valence-corrected chi connectivity index (χ1v) is 5.15. The second-order valence-corrected chi connectivity index (χ2v) is 3.57. The summed E-state index contributed by atoms with van der Waals surface area (Å²) in [4.78, 5) is 10.4. The highest BCUT2D eigenvalue weighted by Gasteiger charge is 2.02. The molecule has 1 aromatic rings. The van der Waals surface area contributed by atoms with Crippen LogP contribution < -0.4 is 11.1 Å². The van der Waals surface area contributed by atoms with E-state index >= 15 is 0 Å². The Hall–Kier alpha value is -1.40. The molecule has 0 spiro atoms. The van der Waals surface area contributed by atoms with Gasteiger partial charge in [-0.25, -0.2) is 0 Å². The number of nitrogens with zero attached hydrogens (tertiary/aromatic N) is 2. The Kier molecular flexibility index (Phi) is 4.94. The smallest absolute Gasteiger partial charge is 0.243 e. The molecule has 1 heterocycles. The molecule has 0 atom stereocenters. The summed E-state index contributed by atoms with van der Waals surface area (Å²) in [6, 6.07) is 0. The van der Waals surface area contributed by atoms with E-state index in [1.165, 1.54) is 0 Å². The average Bonchev–Trinajstić information content (AvgIpc) is 2.54. The summed E-state index contributed by atoms with van der Waals surface area (Å²) in [5.41, 5.74) is 7.23. The monoisotopic (exact) mass is 226 g/mol. The Balaban J connectivity index is 2.12. The van der Waals surface area contributed by atoms with Crippen LogP contribution in [0.15, 0.2) is 6.20 Å². The SMILES string of the molecule is Cc1c(CNCCOCC(N)=O)cnn1C. The summed E-state index contributed by atoms with van der Waals surface area (Å²) in [5.74, 6) is -0.442. The number of amides is 1. The van der Waals surface area contributed by atoms with Crippen molar-refractivity contribution in [3.05, 3.63) is 17.5 Å². The Morgan fingerprint density at radius 3 is 3.00 bits per heavy atom. The maximum atomic E-state index is 10.4. The van der Waals surface area contributed by atoms with Crippen LogP contribution in [0.25, 0.3) is 0 Å². The number of nitrogens with one attached hydrogen (secondary N) is 1. The molecule has 0 aromatic carbocycles. The number of aryl methyl sites for hydroxylation is 1. The molecular formula is C10H18N4O2. The molecule has 1 amide bonds. The van der Waals surface area contributed by atoms with Gasteiger partial charge < -0.3 is 15.8 Å². The van der Waals surface area contributed by atoms with Crippen molar-refractivity contribution in [2.24, 2.45) is 12.8 Å². The van der Waals surface area contributed by atoms with Gasteiger partial charge >= 0.3 is 0 Å². The topological polar surface area (TPSA) is 82.2 Å². The molecule has 16 heavy (non-hydrogen) atoms. The molecule has 0 aliphatic carbocycles. The molecule has 0 aliphatic heterocycles. The van der Waals surface area contributed by atoms with Crippen LogP contribution in [-0.4, -0.2) is 35.4 Å². The van der Waals surface area contributed by atoms with Gasteiger partial charge in [0.25, 0.3) is 0 Å². The van der Waals surface area contributed by atoms with Crippen molar-refractivity contribution >= 4 is 5.91 Å². The summed E-state index contributed by atoms with van der Waals surface area (Å²) >= 11 is 0.